The van der Waals surface area contributed by atoms with Gasteiger partial charge in [0.1, 0.15) is 17.2 Å². The third-order valence-electron chi connectivity index (χ3n) is 2.01. The molecule has 84 valence electrons. The van der Waals surface area contributed by atoms with Crippen LogP contribution in [0, 0.1) is 11.6 Å². The van der Waals surface area contributed by atoms with E-state index in [1.807, 2.05) is 0 Å². The number of nitrogens with zero attached hydrogens (tertiary/aromatic N) is 2. The number of nitrogens with two attached hydrogens (primary N) is 1. The molecule has 1 aromatic carbocycles. The zero-order chi connectivity index (χ0) is 11.7. The van der Waals surface area contributed by atoms with Crippen LogP contribution in [0.5, 0.6) is 0 Å². The van der Waals surface area contributed by atoms with Crippen LogP contribution >= 0.6 is 0 Å². The second-order valence-corrected chi connectivity index (χ2v) is 3.33. The Kier molecular flexibility index (Phi) is 2.66. The van der Waals surface area contributed by atoms with E-state index in [0.717, 1.165) is 12.1 Å². The van der Waals surface area contributed by atoms with Gasteiger partial charge in [-0.1, -0.05) is 6.07 Å². The lowest BCUT2D eigenvalue weighted by Crippen LogP contribution is -2.04. The minimum Gasteiger partial charge on any atom is -0.419 e. The van der Waals surface area contributed by atoms with Gasteiger partial charge in [-0.15, -0.1) is 10.2 Å². The average Bonchev–Trinajstić information content (AvgIpc) is 2.66. The van der Waals surface area contributed by atoms with Gasteiger partial charge in [-0.2, -0.15) is 0 Å². The summed E-state index contributed by atoms with van der Waals surface area (Å²) >= 11 is 0. The van der Waals surface area contributed by atoms with Gasteiger partial charge in [0.25, 0.3) is 5.89 Å². The van der Waals surface area contributed by atoms with Crippen molar-refractivity contribution in [1.82, 2.24) is 10.2 Å². The topological polar surface area (TPSA) is 64.9 Å². The molecule has 0 saturated carbocycles. The van der Waals surface area contributed by atoms with Crippen LogP contribution in [0.1, 0.15) is 18.9 Å². The highest BCUT2D eigenvalue weighted by atomic mass is 19.1. The smallest absolute Gasteiger partial charge is 0.253 e. The van der Waals surface area contributed by atoms with Gasteiger partial charge in [0.15, 0.2) is 0 Å². The Hall–Kier alpha value is -1.82. The summed E-state index contributed by atoms with van der Waals surface area (Å²) in [5.74, 6) is -1.57. The van der Waals surface area contributed by atoms with Crippen LogP contribution in [0.3, 0.4) is 0 Å². The number of rotatable bonds is 2. The van der Waals surface area contributed by atoms with E-state index in [4.69, 9.17) is 10.2 Å². The number of halogens is 2. The fourth-order valence-corrected chi connectivity index (χ4v) is 1.22. The predicted molar refractivity (Wildman–Crippen MR) is 52.3 cm³/mol. The molecule has 1 aromatic heterocycles. The van der Waals surface area contributed by atoms with Crippen molar-refractivity contribution in [3.8, 4) is 11.5 Å². The molecule has 0 aliphatic carbocycles. The molecule has 0 radical (unpaired) electrons. The zero-order valence-corrected chi connectivity index (χ0v) is 8.45. The van der Waals surface area contributed by atoms with Crippen LogP contribution in [0.2, 0.25) is 0 Å². The van der Waals surface area contributed by atoms with E-state index in [1.54, 1.807) is 6.92 Å². The summed E-state index contributed by atoms with van der Waals surface area (Å²) in [4.78, 5) is 0. The molecule has 0 fully saturated rings. The van der Waals surface area contributed by atoms with E-state index in [-0.39, 0.29) is 17.3 Å². The maximum absolute atomic E-state index is 13.3. The summed E-state index contributed by atoms with van der Waals surface area (Å²) in [6.45, 7) is 1.63. The lowest BCUT2D eigenvalue weighted by molar-refractivity contribution is 0.466. The summed E-state index contributed by atoms with van der Waals surface area (Å²) < 4.78 is 31.8. The molecule has 0 spiro atoms. The fraction of sp³-hybridized carbons (Fsp3) is 0.200. The molecule has 2 aromatic rings. The highest BCUT2D eigenvalue weighted by Gasteiger charge is 2.18. The molecule has 0 bridgehead atoms. The molecule has 16 heavy (non-hydrogen) atoms. The second kappa shape index (κ2) is 3.97. The van der Waals surface area contributed by atoms with E-state index < -0.39 is 17.7 Å². The lowest BCUT2D eigenvalue weighted by atomic mass is 10.2. The van der Waals surface area contributed by atoms with Crippen molar-refractivity contribution in [1.29, 1.82) is 0 Å². The van der Waals surface area contributed by atoms with Gasteiger partial charge in [0.05, 0.1) is 6.04 Å². The SMILES string of the molecule is CC(N)c1nnc(-c2c(F)cccc2F)o1. The Morgan fingerprint density at radius 1 is 1.25 bits per heavy atom. The van der Waals surface area contributed by atoms with E-state index in [9.17, 15) is 8.78 Å². The van der Waals surface area contributed by atoms with Crippen LogP contribution in [-0.4, -0.2) is 10.2 Å². The summed E-state index contributed by atoms with van der Waals surface area (Å²) in [5.41, 5.74) is 5.17. The van der Waals surface area contributed by atoms with E-state index >= 15 is 0 Å². The van der Waals surface area contributed by atoms with Crippen molar-refractivity contribution in [2.45, 2.75) is 13.0 Å². The maximum atomic E-state index is 13.3. The summed E-state index contributed by atoms with van der Waals surface area (Å²) in [5, 5.41) is 7.15. The predicted octanol–water partition coefficient (Wildman–Crippen LogP) is 2.03. The third-order valence-corrected chi connectivity index (χ3v) is 2.01. The molecular formula is C10H9F2N3O. The minimum atomic E-state index is -0.750. The monoisotopic (exact) mass is 225 g/mol. The molecule has 0 saturated heterocycles. The highest BCUT2D eigenvalue weighted by Crippen LogP contribution is 2.25. The first-order valence-electron chi connectivity index (χ1n) is 4.63. The van der Waals surface area contributed by atoms with E-state index in [2.05, 4.69) is 10.2 Å². The zero-order valence-electron chi connectivity index (χ0n) is 8.45. The number of hydrogen-bond donors (Lipinski definition) is 1. The Bertz CT molecular complexity index is 490. The lowest BCUT2D eigenvalue weighted by Gasteiger charge is -1.99. The molecule has 2 N–H and O–H groups in total. The van der Waals surface area contributed by atoms with Crippen LogP contribution in [0.15, 0.2) is 22.6 Å². The molecule has 2 rings (SSSR count). The fourth-order valence-electron chi connectivity index (χ4n) is 1.22. The van der Waals surface area contributed by atoms with Crippen molar-refractivity contribution >= 4 is 0 Å². The molecule has 0 aliphatic rings. The molecule has 6 heteroatoms. The Morgan fingerprint density at radius 2 is 1.88 bits per heavy atom. The first-order valence-corrected chi connectivity index (χ1v) is 4.63. The van der Waals surface area contributed by atoms with Gasteiger partial charge in [-0.05, 0) is 19.1 Å². The molecule has 0 aliphatic heterocycles. The summed E-state index contributed by atoms with van der Waals surface area (Å²) in [7, 11) is 0. The Morgan fingerprint density at radius 3 is 2.38 bits per heavy atom. The average molecular weight is 225 g/mol. The standard InChI is InChI=1S/C10H9F2N3O/c1-5(13)9-14-15-10(16-9)8-6(11)3-2-4-7(8)12/h2-5H,13H2,1H3. The van der Waals surface area contributed by atoms with E-state index in [0.29, 0.717) is 0 Å². The van der Waals surface area contributed by atoms with Gasteiger partial charge in [0.2, 0.25) is 5.89 Å². The largest absolute Gasteiger partial charge is 0.419 e. The van der Waals surface area contributed by atoms with Crippen molar-refractivity contribution in [2.24, 2.45) is 5.73 Å². The first-order chi connectivity index (χ1) is 7.59. The quantitative estimate of drug-likeness (QED) is 0.849. The maximum Gasteiger partial charge on any atom is 0.253 e. The Balaban J connectivity index is 2.50. The molecule has 1 unspecified atom stereocenters. The molecular weight excluding hydrogens is 216 g/mol. The minimum absolute atomic E-state index is 0.137. The van der Waals surface area contributed by atoms with E-state index in [1.165, 1.54) is 6.07 Å². The number of benzene rings is 1. The number of aromatic nitrogens is 2. The molecule has 1 atom stereocenters. The van der Waals surface area contributed by atoms with Crippen LogP contribution in [0.4, 0.5) is 8.78 Å². The van der Waals surface area contributed by atoms with Gasteiger partial charge in [0, 0.05) is 0 Å². The molecule has 1 heterocycles. The normalized spacial score (nSPS) is 12.8. The first kappa shape index (κ1) is 10.7. The van der Waals surface area contributed by atoms with Crippen LogP contribution < -0.4 is 5.73 Å². The summed E-state index contributed by atoms with van der Waals surface area (Å²) in [6.07, 6.45) is 0. The van der Waals surface area contributed by atoms with Gasteiger partial charge >= 0.3 is 0 Å². The highest BCUT2D eigenvalue weighted by molar-refractivity contribution is 5.54. The summed E-state index contributed by atoms with van der Waals surface area (Å²) in [6, 6.07) is 3.02. The Labute approximate surface area is 90.1 Å². The molecule has 4 nitrogen and oxygen atoms in total. The second-order valence-electron chi connectivity index (χ2n) is 3.33. The van der Waals surface area contributed by atoms with Crippen molar-refractivity contribution in [2.75, 3.05) is 0 Å². The van der Waals surface area contributed by atoms with Crippen molar-refractivity contribution in [3.63, 3.8) is 0 Å². The van der Waals surface area contributed by atoms with Gasteiger partial charge in [-0.25, -0.2) is 8.78 Å². The van der Waals surface area contributed by atoms with Gasteiger partial charge in [-0.3, -0.25) is 0 Å². The van der Waals surface area contributed by atoms with Crippen molar-refractivity contribution in [3.05, 3.63) is 35.7 Å². The van der Waals surface area contributed by atoms with Crippen LogP contribution in [0.25, 0.3) is 11.5 Å². The van der Waals surface area contributed by atoms with Gasteiger partial charge < -0.3 is 10.2 Å². The van der Waals surface area contributed by atoms with Crippen LogP contribution in [-0.2, 0) is 0 Å². The molecule has 0 amide bonds. The van der Waals surface area contributed by atoms with Crippen molar-refractivity contribution < 1.29 is 13.2 Å². The third kappa shape index (κ3) is 1.79. The number of hydrogen-bond acceptors (Lipinski definition) is 4.